The van der Waals surface area contributed by atoms with Crippen molar-refractivity contribution in [2.75, 3.05) is 0 Å². The Morgan fingerprint density at radius 1 is 1.11 bits per heavy atom. The molecule has 1 saturated carbocycles. The Kier molecular flexibility index (Phi) is 5.93. The summed E-state index contributed by atoms with van der Waals surface area (Å²) in [5, 5.41) is 5.82. The number of halogens is 4. The quantitative estimate of drug-likeness (QED) is 0.703. The summed E-state index contributed by atoms with van der Waals surface area (Å²) in [5.74, 6) is -0.897. The summed E-state index contributed by atoms with van der Waals surface area (Å²) in [6.45, 7) is 0. The van der Waals surface area contributed by atoms with Crippen molar-refractivity contribution >= 4 is 21.6 Å². The summed E-state index contributed by atoms with van der Waals surface area (Å²) in [7, 11) is -4.16. The fourth-order valence-corrected chi connectivity index (χ4v) is 4.89. The van der Waals surface area contributed by atoms with Gasteiger partial charge in [-0.15, -0.1) is 13.2 Å². The Bertz CT molecular complexity index is 957. The highest BCUT2D eigenvalue weighted by molar-refractivity contribution is 7.89. The molecule has 1 aliphatic carbocycles. The van der Waals surface area contributed by atoms with Gasteiger partial charge in [-0.05, 0) is 60.2 Å². The zero-order valence-corrected chi connectivity index (χ0v) is 16.3. The number of sulfonamides is 1. The van der Waals surface area contributed by atoms with Crippen LogP contribution in [0.4, 0.5) is 13.2 Å². The van der Waals surface area contributed by atoms with E-state index in [0.717, 1.165) is 49.4 Å². The lowest BCUT2D eigenvalue weighted by Crippen LogP contribution is -2.21. The van der Waals surface area contributed by atoms with Crippen LogP contribution in [0.2, 0.25) is 5.02 Å². The van der Waals surface area contributed by atoms with Crippen molar-refractivity contribution in [1.29, 1.82) is 0 Å². The number of hydrogen-bond acceptors (Lipinski definition) is 3. The van der Waals surface area contributed by atoms with Crippen LogP contribution >= 0.6 is 11.6 Å². The maximum atomic E-state index is 12.7. The van der Waals surface area contributed by atoms with E-state index >= 15 is 0 Å². The van der Waals surface area contributed by atoms with Crippen molar-refractivity contribution in [2.24, 2.45) is 11.1 Å². The lowest BCUT2D eigenvalue weighted by molar-refractivity contribution is -0.274. The van der Waals surface area contributed by atoms with Crippen molar-refractivity contribution in [1.82, 2.24) is 0 Å². The van der Waals surface area contributed by atoms with Crippen LogP contribution in [0.5, 0.6) is 5.75 Å². The van der Waals surface area contributed by atoms with E-state index in [1.165, 1.54) is 0 Å². The molecule has 0 aromatic heterocycles. The molecule has 1 unspecified atom stereocenters. The molecule has 0 spiro atoms. The molecule has 0 amide bonds. The lowest BCUT2D eigenvalue weighted by Gasteiger charge is -2.27. The molecule has 1 aliphatic rings. The normalized spacial score (nSPS) is 16.9. The second-order valence-electron chi connectivity index (χ2n) is 6.87. The van der Waals surface area contributed by atoms with E-state index in [0.29, 0.717) is 5.02 Å². The van der Waals surface area contributed by atoms with Gasteiger partial charge in [0, 0.05) is 10.9 Å². The first-order chi connectivity index (χ1) is 13.0. The summed E-state index contributed by atoms with van der Waals surface area (Å²) in [6, 6.07) is 10.1. The highest BCUT2D eigenvalue weighted by Crippen LogP contribution is 2.45. The first-order valence-corrected chi connectivity index (χ1v) is 10.6. The van der Waals surface area contributed by atoms with E-state index in [1.54, 1.807) is 24.3 Å². The van der Waals surface area contributed by atoms with Gasteiger partial charge in [-0.3, -0.25) is 0 Å². The molecule has 0 aliphatic heterocycles. The molecule has 28 heavy (non-hydrogen) atoms. The highest BCUT2D eigenvalue weighted by atomic mass is 35.5. The third-order valence-corrected chi connectivity index (χ3v) is 6.16. The molecule has 2 aromatic rings. The molecule has 152 valence electrons. The molecule has 1 atom stereocenters. The minimum absolute atomic E-state index is 0.0557. The van der Waals surface area contributed by atoms with Crippen LogP contribution in [0.25, 0.3) is 0 Å². The average Bonchev–Trinajstić information content (AvgIpc) is 3.07. The SMILES string of the molecule is NS(=O)(=O)c1ccc(OC(F)(F)F)cc1C(c1cccc(Cl)c1)C1CCCC1. The Labute approximate surface area is 166 Å². The predicted octanol–water partition coefficient (Wildman–Crippen LogP) is 5.21. The van der Waals surface area contributed by atoms with Crippen LogP contribution in [0, 0.1) is 5.92 Å². The summed E-state index contributed by atoms with van der Waals surface area (Å²) in [5.41, 5.74) is 0.923. The number of rotatable bonds is 5. The number of hydrogen-bond donors (Lipinski definition) is 1. The number of primary sulfonamides is 1. The van der Waals surface area contributed by atoms with Gasteiger partial charge in [0.25, 0.3) is 0 Å². The zero-order valence-electron chi connectivity index (χ0n) is 14.7. The van der Waals surface area contributed by atoms with Gasteiger partial charge in [0.15, 0.2) is 0 Å². The van der Waals surface area contributed by atoms with Crippen LogP contribution < -0.4 is 9.88 Å². The third-order valence-electron chi connectivity index (χ3n) is 4.94. The van der Waals surface area contributed by atoms with Gasteiger partial charge in [-0.25, -0.2) is 13.6 Å². The third kappa shape index (κ3) is 4.98. The molecule has 2 aromatic carbocycles. The van der Waals surface area contributed by atoms with Crippen molar-refractivity contribution < 1.29 is 26.3 Å². The fourth-order valence-electron chi connectivity index (χ4n) is 3.92. The van der Waals surface area contributed by atoms with E-state index in [1.807, 2.05) is 0 Å². The van der Waals surface area contributed by atoms with E-state index in [4.69, 9.17) is 16.7 Å². The predicted molar refractivity (Wildman–Crippen MR) is 99.8 cm³/mol. The van der Waals surface area contributed by atoms with Gasteiger partial charge >= 0.3 is 6.36 Å². The van der Waals surface area contributed by atoms with E-state index in [-0.39, 0.29) is 16.4 Å². The minimum Gasteiger partial charge on any atom is -0.406 e. The average molecular weight is 434 g/mol. The maximum absolute atomic E-state index is 12.7. The van der Waals surface area contributed by atoms with E-state index in [9.17, 15) is 21.6 Å². The van der Waals surface area contributed by atoms with Crippen molar-refractivity contribution in [3.8, 4) is 5.75 Å². The molecular formula is C19H19ClF3NO3S. The molecular weight excluding hydrogens is 415 g/mol. The largest absolute Gasteiger partial charge is 0.573 e. The number of benzene rings is 2. The minimum atomic E-state index is -4.89. The highest BCUT2D eigenvalue weighted by Gasteiger charge is 2.34. The summed E-state index contributed by atoms with van der Waals surface area (Å²) in [6.07, 6.45) is -1.31. The monoisotopic (exact) mass is 433 g/mol. The van der Waals surface area contributed by atoms with E-state index in [2.05, 4.69) is 4.74 Å². The Hall–Kier alpha value is -1.77. The first kappa shape index (κ1) is 21.0. The Balaban J connectivity index is 2.20. The molecule has 2 N–H and O–H groups in total. The number of nitrogens with two attached hydrogens (primary N) is 1. The van der Waals surface area contributed by atoms with Crippen molar-refractivity contribution in [3.63, 3.8) is 0 Å². The molecule has 0 bridgehead atoms. The van der Waals surface area contributed by atoms with Crippen LogP contribution in [0.1, 0.15) is 42.7 Å². The van der Waals surface area contributed by atoms with Gasteiger partial charge in [-0.2, -0.15) is 0 Å². The second kappa shape index (κ2) is 7.93. The summed E-state index contributed by atoms with van der Waals surface area (Å²) >= 11 is 6.11. The standard InChI is InChI=1S/C19H19ClF3NO3S/c20-14-7-3-6-13(10-14)18(12-4-1-2-5-12)16-11-15(27-19(21,22)23)8-9-17(16)28(24,25)26/h3,6-12,18H,1-2,4-5H2,(H2,24,25,26). The maximum Gasteiger partial charge on any atom is 0.573 e. The smallest absolute Gasteiger partial charge is 0.406 e. The molecule has 4 nitrogen and oxygen atoms in total. The van der Waals surface area contributed by atoms with Crippen LogP contribution in [0.3, 0.4) is 0 Å². The molecule has 0 heterocycles. The molecule has 9 heteroatoms. The fraction of sp³-hybridized carbons (Fsp3) is 0.368. The Morgan fingerprint density at radius 3 is 2.36 bits per heavy atom. The summed E-state index contributed by atoms with van der Waals surface area (Å²) < 4.78 is 66.4. The Morgan fingerprint density at radius 2 is 1.79 bits per heavy atom. The summed E-state index contributed by atoms with van der Waals surface area (Å²) in [4.78, 5) is -0.209. The van der Waals surface area contributed by atoms with Crippen molar-refractivity contribution in [3.05, 3.63) is 58.6 Å². The van der Waals surface area contributed by atoms with Gasteiger partial charge in [0.05, 0.1) is 4.90 Å². The van der Waals surface area contributed by atoms with Gasteiger partial charge in [-0.1, -0.05) is 36.6 Å². The first-order valence-electron chi connectivity index (χ1n) is 8.72. The van der Waals surface area contributed by atoms with Crippen LogP contribution in [-0.4, -0.2) is 14.8 Å². The molecule has 0 saturated heterocycles. The zero-order chi connectivity index (χ0) is 20.5. The van der Waals surface area contributed by atoms with Gasteiger partial charge < -0.3 is 4.74 Å². The van der Waals surface area contributed by atoms with Gasteiger partial charge in [0.2, 0.25) is 10.0 Å². The lowest BCUT2D eigenvalue weighted by atomic mass is 9.79. The topological polar surface area (TPSA) is 69.4 Å². The molecule has 0 radical (unpaired) electrons. The molecule has 1 fully saturated rings. The number of alkyl halides is 3. The van der Waals surface area contributed by atoms with Crippen LogP contribution in [0.15, 0.2) is 47.4 Å². The number of ether oxygens (including phenoxy) is 1. The van der Waals surface area contributed by atoms with Crippen LogP contribution in [-0.2, 0) is 10.0 Å². The second-order valence-corrected chi connectivity index (χ2v) is 8.84. The van der Waals surface area contributed by atoms with E-state index < -0.39 is 28.1 Å². The van der Waals surface area contributed by atoms with Crippen molar-refractivity contribution in [2.45, 2.75) is 42.9 Å². The molecule has 3 rings (SSSR count). The van der Waals surface area contributed by atoms with Gasteiger partial charge in [0.1, 0.15) is 5.75 Å².